The minimum Gasteiger partial charge on any atom is -0.522 e. The first-order valence-electron chi connectivity index (χ1n) is 2.68. The molecular weight excluding hydrogens is 150 g/mol. The average Bonchev–Trinajstić information content (AvgIpc) is 1.89. The van der Waals surface area contributed by atoms with E-state index in [0.717, 1.165) is 6.26 Å². The molecule has 0 spiro atoms. The standard InChI is InChI=1S/C3H7NO.C3H4O3/c1-3(2)4-5;1-2-6-3(4)5/h5H,1-2H3;2H,1H2,(H,4,5)/p-1. The first-order valence-corrected chi connectivity index (χ1v) is 2.68. The highest BCUT2D eigenvalue weighted by molar-refractivity contribution is 5.78. The predicted octanol–water partition coefficient (Wildman–Crippen LogP) is 0.346. The van der Waals surface area contributed by atoms with Gasteiger partial charge < -0.3 is 19.8 Å². The van der Waals surface area contributed by atoms with Gasteiger partial charge in [-0.25, -0.2) is 0 Å². The summed E-state index contributed by atoms with van der Waals surface area (Å²) in [6, 6.07) is 0. The molecule has 0 aliphatic rings. The summed E-state index contributed by atoms with van der Waals surface area (Å²) < 4.78 is 3.61. The van der Waals surface area contributed by atoms with Crippen LogP contribution in [0.4, 0.5) is 4.79 Å². The lowest BCUT2D eigenvalue weighted by molar-refractivity contribution is -0.276. The molecule has 0 aromatic rings. The van der Waals surface area contributed by atoms with Crippen molar-refractivity contribution in [1.82, 2.24) is 0 Å². The number of carbonyl (C=O) groups excluding carboxylic acids is 1. The Hall–Kier alpha value is -1.52. The Morgan fingerprint density at radius 3 is 2.09 bits per heavy atom. The van der Waals surface area contributed by atoms with E-state index in [4.69, 9.17) is 5.21 Å². The van der Waals surface area contributed by atoms with E-state index in [1.165, 1.54) is 0 Å². The summed E-state index contributed by atoms with van der Waals surface area (Å²) in [5.41, 5.74) is 0.685. The van der Waals surface area contributed by atoms with Crippen LogP contribution in [0.5, 0.6) is 0 Å². The van der Waals surface area contributed by atoms with Gasteiger partial charge in [-0.3, -0.25) is 0 Å². The van der Waals surface area contributed by atoms with E-state index in [1.54, 1.807) is 13.8 Å². The first-order chi connectivity index (χ1) is 5.04. The largest absolute Gasteiger partial charge is 0.522 e. The molecule has 0 radical (unpaired) electrons. The van der Waals surface area contributed by atoms with E-state index in [2.05, 4.69) is 16.5 Å². The topological polar surface area (TPSA) is 82.0 Å². The van der Waals surface area contributed by atoms with E-state index in [1.807, 2.05) is 0 Å². The van der Waals surface area contributed by atoms with Crippen LogP contribution in [0.25, 0.3) is 0 Å². The average molecular weight is 160 g/mol. The molecule has 0 aliphatic heterocycles. The van der Waals surface area contributed by atoms with E-state index in [0.29, 0.717) is 5.71 Å². The van der Waals surface area contributed by atoms with Gasteiger partial charge in [-0.05, 0) is 13.8 Å². The Morgan fingerprint density at radius 1 is 1.73 bits per heavy atom. The summed E-state index contributed by atoms with van der Waals surface area (Å²) >= 11 is 0. The molecule has 0 saturated heterocycles. The van der Waals surface area contributed by atoms with E-state index < -0.39 is 6.16 Å². The van der Waals surface area contributed by atoms with Crippen molar-refractivity contribution in [2.24, 2.45) is 5.16 Å². The molecule has 0 aromatic heterocycles. The number of nitrogens with zero attached hydrogens (tertiary/aromatic N) is 1. The van der Waals surface area contributed by atoms with Gasteiger partial charge in [0.15, 0.2) is 0 Å². The predicted molar refractivity (Wildman–Crippen MR) is 37.2 cm³/mol. The van der Waals surface area contributed by atoms with Crippen LogP contribution >= 0.6 is 0 Å². The molecule has 0 aromatic carbocycles. The van der Waals surface area contributed by atoms with Crippen LogP contribution in [0.15, 0.2) is 18.0 Å². The van der Waals surface area contributed by atoms with Crippen molar-refractivity contribution in [2.45, 2.75) is 13.8 Å². The summed E-state index contributed by atoms with van der Waals surface area (Å²) in [5.74, 6) is 0. The zero-order valence-electron chi connectivity index (χ0n) is 6.40. The lowest BCUT2D eigenvalue weighted by atomic mass is 10.5. The zero-order valence-corrected chi connectivity index (χ0v) is 6.40. The highest BCUT2D eigenvalue weighted by Gasteiger charge is 1.67. The van der Waals surface area contributed by atoms with E-state index in [9.17, 15) is 9.90 Å². The number of hydrogen-bond donors (Lipinski definition) is 1. The van der Waals surface area contributed by atoms with Gasteiger partial charge in [-0.1, -0.05) is 11.7 Å². The lowest BCUT2D eigenvalue weighted by Crippen LogP contribution is -2.20. The van der Waals surface area contributed by atoms with Crippen LogP contribution in [0.3, 0.4) is 0 Å². The van der Waals surface area contributed by atoms with Crippen LogP contribution in [0, 0.1) is 0 Å². The molecule has 0 aliphatic carbocycles. The Kier molecular flexibility index (Phi) is 9.39. The fourth-order valence-corrected chi connectivity index (χ4v) is 0.0680. The minimum atomic E-state index is -1.58. The molecule has 5 heteroatoms. The van der Waals surface area contributed by atoms with Gasteiger partial charge in [0.25, 0.3) is 6.16 Å². The van der Waals surface area contributed by atoms with E-state index >= 15 is 0 Å². The van der Waals surface area contributed by atoms with Crippen molar-refractivity contribution < 1.29 is 19.8 Å². The minimum absolute atomic E-state index is 0.685. The molecule has 0 saturated carbocycles. The third-order valence-corrected chi connectivity index (χ3v) is 0.380. The van der Waals surface area contributed by atoms with Crippen molar-refractivity contribution in [3.8, 4) is 0 Å². The lowest BCUT2D eigenvalue weighted by Gasteiger charge is -1.94. The van der Waals surface area contributed by atoms with Gasteiger partial charge >= 0.3 is 0 Å². The number of ether oxygens (including phenoxy) is 1. The van der Waals surface area contributed by atoms with Crippen LogP contribution in [-0.4, -0.2) is 17.1 Å². The monoisotopic (exact) mass is 160 g/mol. The molecule has 1 N–H and O–H groups in total. The SMILES string of the molecule is C=COC(=O)[O-].CC(C)=NO. The normalized spacial score (nSPS) is 6.73. The van der Waals surface area contributed by atoms with Crippen LogP contribution in [0.2, 0.25) is 0 Å². The number of carboxylic acid groups (broad SMARTS) is 1. The Morgan fingerprint density at radius 2 is 2.09 bits per heavy atom. The molecule has 64 valence electrons. The van der Waals surface area contributed by atoms with Gasteiger partial charge in [0.05, 0.1) is 5.71 Å². The van der Waals surface area contributed by atoms with Gasteiger partial charge in [-0.2, -0.15) is 0 Å². The number of hydrogen-bond acceptors (Lipinski definition) is 5. The van der Waals surface area contributed by atoms with Crippen LogP contribution < -0.4 is 5.11 Å². The Labute approximate surface area is 64.6 Å². The fourth-order valence-electron chi connectivity index (χ4n) is 0.0680. The summed E-state index contributed by atoms with van der Waals surface area (Å²) in [6.45, 7) is 6.40. The quantitative estimate of drug-likeness (QED) is 0.197. The molecule has 0 unspecified atom stereocenters. The number of oxime groups is 1. The Bertz CT molecular complexity index is 149. The highest BCUT2D eigenvalue weighted by atomic mass is 16.7. The third-order valence-electron chi connectivity index (χ3n) is 0.380. The van der Waals surface area contributed by atoms with Gasteiger partial charge in [0.1, 0.15) is 0 Å². The molecule has 0 bridgehead atoms. The smallest absolute Gasteiger partial charge is 0.256 e. The van der Waals surface area contributed by atoms with Crippen molar-refractivity contribution in [3.05, 3.63) is 12.8 Å². The molecule has 0 fully saturated rings. The van der Waals surface area contributed by atoms with Gasteiger partial charge in [0.2, 0.25) is 0 Å². The molecule has 0 heterocycles. The van der Waals surface area contributed by atoms with Crippen molar-refractivity contribution >= 4 is 11.9 Å². The summed E-state index contributed by atoms with van der Waals surface area (Å²) in [7, 11) is 0. The Balaban J connectivity index is 0. The molecular formula is C6H10NO4-. The second-order valence-electron chi connectivity index (χ2n) is 1.58. The molecule has 5 nitrogen and oxygen atoms in total. The maximum Gasteiger partial charge on any atom is 0.256 e. The van der Waals surface area contributed by atoms with Crippen LogP contribution in [0.1, 0.15) is 13.8 Å². The zero-order chi connectivity index (χ0) is 9.28. The maximum atomic E-state index is 9.19. The summed E-state index contributed by atoms with van der Waals surface area (Å²) in [5, 5.41) is 19.7. The second-order valence-corrected chi connectivity index (χ2v) is 1.58. The molecule has 0 amide bonds. The van der Waals surface area contributed by atoms with E-state index in [-0.39, 0.29) is 0 Å². The van der Waals surface area contributed by atoms with Crippen LogP contribution in [-0.2, 0) is 4.74 Å². The van der Waals surface area contributed by atoms with Gasteiger partial charge in [0, 0.05) is 6.26 Å². The van der Waals surface area contributed by atoms with Crippen molar-refractivity contribution in [3.63, 3.8) is 0 Å². The first kappa shape index (κ1) is 12.2. The van der Waals surface area contributed by atoms with Gasteiger partial charge in [-0.15, -0.1) is 0 Å². The van der Waals surface area contributed by atoms with Crippen molar-refractivity contribution in [2.75, 3.05) is 0 Å². The molecule has 0 atom stereocenters. The number of rotatable bonds is 1. The maximum absolute atomic E-state index is 9.19. The summed E-state index contributed by atoms with van der Waals surface area (Å²) in [4.78, 5) is 9.19. The third kappa shape index (κ3) is 29.4. The molecule has 11 heavy (non-hydrogen) atoms. The summed E-state index contributed by atoms with van der Waals surface area (Å²) in [6.07, 6.45) is -0.792. The highest BCUT2D eigenvalue weighted by Crippen LogP contribution is 1.65. The fraction of sp³-hybridized carbons (Fsp3) is 0.333. The molecule has 0 rings (SSSR count). The number of carbonyl (C=O) groups is 1. The second kappa shape index (κ2) is 8.48. The van der Waals surface area contributed by atoms with Crippen molar-refractivity contribution in [1.29, 1.82) is 0 Å².